The summed E-state index contributed by atoms with van der Waals surface area (Å²) >= 11 is 0. The number of aliphatic carboxylic acids is 1. The monoisotopic (exact) mass is 470 g/mol. The van der Waals surface area contributed by atoms with Gasteiger partial charge in [0.25, 0.3) is 0 Å². The van der Waals surface area contributed by atoms with Crippen molar-refractivity contribution in [1.29, 1.82) is 0 Å². The summed E-state index contributed by atoms with van der Waals surface area (Å²) in [5.74, 6) is 0.774. The van der Waals surface area contributed by atoms with E-state index in [1.54, 1.807) is 6.92 Å². The fourth-order valence-corrected chi connectivity index (χ4v) is 9.16. The van der Waals surface area contributed by atoms with Gasteiger partial charge in [0, 0.05) is 23.0 Å². The van der Waals surface area contributed by atoms with E-state index in [1.807, 2.05) is 6.08 Å². The second-order valence-electron chi connectivity index (χ2n) is 13.5. The number of aliphatic hydroxyl groups excluding tert-OH is 1. The van der Waals surface area contributed by atoms with Gasteiger partial charge in [-0.15, -0.1) is 0 Å². The van der Waals surface area contributed by atoms with E-state index in [2.05, 4.69) is 41.5 Å². The number of carbonyl (C=O) groups excluding carboxylic acids is 1. The Morgan fingerprint density at radius 3 is 2.44 bits per heavy atom. The summed E-state index contributed by atoms with van der Waals surface area (Å²) < 4.78 is 0. The normalized spacial score (nSPS) is 42.6. The first-order valence-electron chi connectivity index (χ1n) is 13.6. The molecule has 2 saturated carbocycles. The van der Waals surface area contributed by atoms with E-state index in [4.69, 9.17) is 5.11 Å². The zero-order valence-electron chi connectivity index (χ0n) is 22.5. The Kier molecular flexibility index (Phi) is 6.28. The van der Waals surface area contributed by atoms with Crippen molar-refractivity contribution in [3.63, 3.8) is 0 Å². The Hall–Kier alpha value is -1.42. The molecule has 0 aliphatic heterocycles. The molecule has 0 bridgehead atoms. The van der Waals surface area contributed by atoms with Crippen molar-refractivity contribution in [3.8, 4) is 0 Å². The van der Waals surface area contributed by atoms with Gasteiger partial charge < -0.3 is 10.2 Å². The van der Waals surface area contributed by atoms with Gasteiger partial charge in [-0.3, -0.25) is 4.79 Å². The highest BCUT2D eigenvalue weighted by Gasteiger charge is 2.65. The molecule has 0 spiro atoms. The molecule has 0 amide bonds. The van der Waals surface area contributed by atoms with E-state index in [0.29, 0.717) is 29.6 Å². The van der Waals surface area contributed by atoms with Crippen LogP contribution in [-0.2, 0) is 9.59 Å². The number of hydrogen-bond donors (Lipinski definition) is 2. The van der Waals surface area contributed by atoms with Gasteiger partial charge in [-0.1, -0.05) is 53.2 Å². The molecule has 4 rings (SSSR count). The molecule has 2 fully saturated rings. The lowest BCUT2D eigenvalue weighted by Gasteiger charge is -2.61. The molecule has 190 valence electrons. The lowest BCUT2D eigenvalue weighted by atomic mass is 9.43. The number of aliphatic hydroxyl groups is 1. The predicted octanol–water partition coefficient (Wildman–Crippen LogP) is 6.72. The third kappa shape index (κ3) is 3.49. The van der Waals surface area contributed by atoms with Crippen LogP contribution in [0.15, 0.2) is 22.8 Å². The number of hydrogen-bond acceptors (Lipinski definition) is 3. The van der Waals surface area contributed by atoms with Crippen LogP contribution in [0.1, 0.15) is 106 Å². The van der Waals surface area contributed by atoms with Crippen LogP contribution in [0.3, 0.4) is 0 Å². The molecular weight excluding hydrogens is 424 g/mol. The van der Waals surface area contributed by atoms with Crippen molar-refractivity contribution in [3.05, 3.63) is 22.8 Å². The number of carboxylic acids is 1. The van der Waals surface area contributed by atoms with Crippen LogP contribution in [0.2, 0.25) is 0 Å². The zero-order chi connectivity index (χ0) is 25.3. The molecule has 7 atom stereocenters. The molecule has 0 unspecified atom stereocenters. The average Bonchev–Trinajstić information content (AvgIpc) is 3.04. The van der Waals surface area contributed by atoms with Crippen LogP contribution >= 0.6 is 0 Å². The van der Waals surface area contributed by atoms with E-state index < -0.39 is 5.97 Å². The number of fused-ring (bicyclic) bond motifs is 4. The Morgan fingerprint density at radius 2 is 1.79 bits per heavy atom. The molecular formula is C30H46O4. The van der Waals surface area contributed by atoms with E-state index >= 15 is 0 Å². The molecule has 2 N–H and O–H groups in total. The Bertz CT molecular complexity index is 941. The SMILES string of the molecule is C/C(=C/CC[C@H](C)[C@@H]1CC[C@]2(C)C3=C(CC[C@@]12C)[C@@]1(C)CC[C@@H](O)C(C)(C)[C@@H]1CC3=O)C(=O)O. The van der Waals surface area contributed by atoms with Gasteiger partial charge in [0.05, 0.1) is 6.10 Å². The quantitative estimate of drug-likeness (QED) is 0.437. The average molecular weight is 471 g/mol. The first kappa shape index (κ1) is 25.7. The van der Waals surface area contributed by atoms with Crippen molar-refractivity contribution in [2.24, 2.45) is 39.4 Å². The van der Waals surface area contributed by atoms with Gasteiger partial charge in [0.1, 0.15) is 0 Å². The molecule has 0 saturated heterocycles. The van der Waals surface area contributed by atoms with E-state index in [1.165, 1.54) is 11.1 Å². The van der Waals surface area contributed by atoms with Crippen LogP contribution in [0.5, 0.6) is 0 Å². The molecule has 0 radical (unpaired) electrons. The highest BCUT2D eigenvalue weighted by atomic mass is 16.4. The van der Waals surface area contributed by atoms with Crippen LogP contribution in [-0.4, -0.2) is 28.1 Å². The van der Waals surface area contributed by atoms with Crippen molar-refractivity contribution in [2.75, 3.05) is 0 Å². The molecule has 0 aromatic rings. The van der Waals surface area contributed by atoms with Gasteiger partial charge in [0.15, 0.2) is 5.78 Å². The molecule has 0 aromatic carbocycles. The van der Waals surface area contributed by atoms with Crippen LogP contribution in [0.25, 0.3) is 0 Å². The highest BCUT2D eigenvalue weighted by Crippen LogP contribution is 2.71. The Morgan fingerprint density at radius 1 is 1.12 bits per heavy atom. The maximum atomic E-state index is 13.9. The summed E-state index contributed by atoms with van der Waals surface area (Å²) in [5.41, 5.74) is 2.82. The molecule has 0 aromatic heterocycles. The standard InChI is InChI=1S/C30H46O4/c1-18(9-8-10-19(2)26(33)34)20-11-16-30(7)25-21(12-15-29(20,30)6)28(5)14-13-24(32)27(3,4)23(28)17-22(25)31/h10,18,20,23-24,32H,8-9,11-17H2,1-7H3,(H,33,34)/b19-10-/t18-,20-,23-,24+,28+,29-,30+/m0/s1. The fraction of sp³-hybridized carbons (Fsp3) is 0.800. The maximum Gasteiger partial charge on any atom is 0.330 e. The number of allylic oxidation sites excluding steroid dienone is 3. The van der Waals surface area contributed by atoms with Gasteiger partial charge in [-0.05, 0) is 92.3 Å². The molecule has 4 nitrogen and oxygen atoms in total. The molecule has 0 heterocycles. The minimum atomic E-state index is -0.833. The topological polar surface area (TPSA) is 74.6 Å². The Labute approximate surface area is 206 Å². The second kappa shape index (κ2) is 8.32. The lowest BCUT2D eigenvalue weighted by molar-refractivity contribution is -0.134. The third-order valence-electron chi connectivity index (χ3n) is 11.7. The minimum absolute atomic E-state index is 0.0131. The van der Waals surface area contributed by atoms with Crippen LogP contribution < -0.4 is 0 Å². The molecule has 4 heteroatoms. The number of Topliss-reactive ketones (excluding diaryl/α,β-unsaturated/α-hetero) is 1. The lowest BCUT2D eigenvalue weighted by Crippen LogP contribution is -2.57. The molecule has 34 heavy (non-hydrogen) atoms. The van der Waals surface area contributed by atoms with Gasteiger partial charge in [-0.25, -0.2) is 4.79 Å². The van der Waals surface area contributed by atoms with E-state index in [-0.39, 0.29) is 33.7 Å². The number of carbonyl (C=O) groups is 2. The number of rotatable bonds is 5. The molecule has 4 aliphatic carbocycles. The number of ketones is 1. The van der Waals surface area contributed by atoms with Gasteiger partial charge in [0.2, 0.25) is 0 Å². The van der Waals surface area contributed by atoms with Crippen molar-refractivity contribution >= 4 is 11.8 Å². The second-order valence-corrected chi connectivity index (χ2v) is 13.5. The Balaban J connectivity index is 1.65. The van der Waals surface area contributed by atoms with E-state index in [9.17, 15) is 14.7 Å². The first-order chi connectivity index (χ1) is 15.7. The van der Waals surface area contributed by atoms with E-state index in [0.717, 1.165) is 51.4 Å². The van der Waals surface area contributed by atoms with Gasteiger partial charge in [-0.2, -0.15) is 0 Å². The summed E-state index contributed by atoms with van der Waals surface area (Å²) in [7, 11) is 0. The van der Waals surface area contributed by atoms with Crippen molar-refractivity contribution < 1.29 is 19.8 Å². The van der Waals surface area contributed by atoms with Gasteiger partial charge >= 0.3 is 5.97 Å². The predicted molar refractivity (Wildman–Crippen MR) is 135 cm³/mol. The summed E-state index contributed by atoms with van der Waals surface area (Å²) in [4.78, 5) is 25.0. The van der Waals surface area contributed by atoms with Crippen LogP contribution in [0, 0.1) is 39.4 Å². The number of carboxylic acid groups (broad SMARTS) is 1. The zero-order valence-corrected chi connectivity index (χ0v) is 22.5. The van der Waals surface area contributed by atoms with Crippen LogP contribution in [0.4, 0.5) is 0 Å². The van der Waals surface area contributed by atoms with Crippen molar-refractivity contribution in [2.45, 2.75) is 112 Å². The smallest absolute Gasteiger partial charge is 0.330 e. The minimum Gasteiger partial charge on any atom is -0.478 e. The summed E-state index contributed by atoms with van der Waals surface area (Å²) in [6.07, 6.45) is 10.0. The maximum absolute atomic E-state index is 13.9. The summed E-state index contributed by atoms with van der Waals surface area (Å²) in [6, 6.07) is 0. The first-order valence-corrected chi connectivity index (χ1v) is 13.6. The largest absolute Gasteiger partial charge is 0.478 e. The fourth-order valence-electron chi connectivity index (χ4n) is 9.16. The highest BCUT2D eigenvalue weighted by molar-refractivity contribution is 5.99. The van der Waals surface area contributed by atoms with Crippen molar-refractivity contribution in [1.82, 2.24) is 0 Å². The third-order valence-corrected chi connectivity index (χ3v) is 11.7. The summed E-state index contributed by atoms with van der Waals surface area (Å²) in [5, 5.41) is 19.9. The molecule has 4 aliphatic rings. The summed E-state index contributed by atoms with van der Waals surface area (Å²) in [6.45, 7) is 15.6.